The van der Waals surface area contributed by atoms with Crippen LogP contribution in [0, 0.1) is 12.7 Å². The van der Waals surface area contributed by atoms with Gasteiger partial charge in [-0.05, 0) is 49.2 Å². The van der Waals surface area contributed by atoms with Crippen molar-refractivity contribution in [3.63, 3.8) is 0 Å². The number of rotatable bonds is 9. The van der Waals surface area contributed by atoms with Crippen molar-refractivity contribution in [3.05, 3.63) is 65.2 Å². The number of nitrogens with zero attached hydrogens (tertiary/aromatic N) is 3. The lowest BCUT2D eigenvalue weighted by atomic mass is 10.0. The Labute approximate surface area is 222 Å². The lowest BCUT2D eigenvalue weighted by Crippen LogP contribution is -2.53. The Hall–Kier alpha value is -3.18. The third-order valence-electron chi connectivity index (χ3n) is 6.47. The smallest absolute Gasteiger partial charge is 0.419 e. The topological polar surface area (TPSA) is 65.9 Å². The number of aliphatic carboxylic acids is 1. The SMILES string of the molecule is C=C(Oc1cc(C)cc(CN2CCN(c3nc4cc(F)c(C(F)(F)F)cc4s3)[C@H](CCCC)C2)c1)C(=O)O. The molecule has 1 aliphatic heterocycles. The van der Waals surface area contributed by atoms with Crippen LogP contribution in [0.5, 0.6) is 5.75 Å². The van der Waals surface area contributed by atoms with E-state index in [-0.39, 0.29) is 17.3 Å². The first-order valence-electron chi connectivity index (χ1n) is 12.3. The molecule has 1 N–H and O–H groups in total. The molecule has 204 valence electrons. The molecule has 0 amide bonds. The van der Waals surface area contributed by atoms with E-state index in [0.29, 0.717) is 41.8 Å². The molecule has 1 saturated heterocycles. The maximum Gasteiger partial charge on any atom is 0.419 e. The van der Waals surface area contributed by atoms with Crippen LogP contribution in [0.1, 0.15) is 42.9 Å². The molecular formula is C27H29F4N3O3S. The number of carboxylic acids is 1. The van der Waals surface area contributed by atoms with Gasteiger partial charge in [-0.3, -0.25) is 4.90 Å². The first kappa shape index (κ1) is 27.8. The summed E-state index contributed by atoms with van der Waals surface area (Å²) in [4.78, 5) is 20.0. The van der Waals surface area contributed by atoms with Crippen molar-refractivity contribution in [3.8, 4) is 5.75 Å². The van der Waals surface area contributed by atoms with Crippen LogP contribution in [0.4, 0.5) is 22.7 Å². The molecule has 6 nitrogen and oxygen atoms in total. The summed E-state index contributed by atoms with van der Waals surface area (Å²) in [5, 5.41) is 9.66. The van der Waals surface area contributed by atoms with E-state index in [1.54, 1.807) is 12.1 Å². The van der Waals surface area contributed by atoms with Gasteiger partial charge in [0.25, 0.3) is 0 Å². The van der Waals surface area contributed by atoms with E-state index in [1.165, 1.54) is 0 Å². The number of piperazine rings is 1. The maximum atomic E-state index is 14.1. The number of anilines is 1. The Morgan fingerprint density at radius 2 is 2.00 bits per heavy atom. The predicted octanol–water partition coefficient (Wildman–Crippen LogP) is 6.62. The van der Waals surface area contributed by atoms with E-state index >= 15 is 0 Å². The van der Waals surface area contributed by atoms with Gasteiger partial charge in [0.2, 0.25) is 5.76 Å². The number of hydrogen-bond acceptors (Lipinski definition) is 6. The van der Waals surface area contributed by atoms with Crippen LogP contribution in [0.15, 0.2) is 42.7 Å². The van der Waals surface area contributed by atoms with Gasteiger partial charge in [-0.1, -0.05) is 37.2 Å². The van der Waals surface area contributed by atoms with Gasteiger partial charge in [0, 0.05) is 38.3 Å². The van der Waals surface area contributed by atoms with Crippen molar-refractivity contribution >= 4 is 32.7 Å². The lowest BCUT2D eigenvalue weighted by Gasteiger charge is -2.41. The van der Waals surface area contributed by atoms with Crippen molar-refractivity contribution in [2.24, 2.45) is 0 Å². The average molecular weight is 552 g/mol. The summed E-state index contributed by atoms with van der Waals surface area (Å²) in [6, 6.07) is 7.37. The molecule has 3 aromatic rings. The Kier molecular flexibility index (Phi) is 8.27. The van der Waals surface area contributed by atoms with Crippen LogP contribution in [0.2, 0.25) is 0 Å². The van der Waals surface area contributed by atoms with Crippen LogP contribution in [-0.4, -0.2) is 46.6 Å². The molecule has 1 aromatic heterocycles. The second-order valence-corrected chi connectivity index (χ2v) is 10.5. The second kappa shape index (κ2) is 11.3. The zero-order chi connectivity index (χ0) is 27.6. The standard InChI is InChI=1S/C27H29F4N3O3S/c1-4-5-6-19-15-33(14-18-9-16(2)10-20(11-18)37-17(3)25(35)36)7-8-34(19)26-32-23-13-22(28)21(27(29,30)31)12-24(23)38-26/h9-13,19H,3-8,14-15H2,1-2H3,(H,35,36)/t19-/m1/s1. The van der Waals surface area contributed by atoms with E-state index < -0.39 is 23.5 Å². The Balaban J connectivity index is 1.53. The highest BCUT2D eigenvalue weighted by Gasteiger charge is 2.35. The third-order valence-corrected chi connectivity index (χ3v) is 7.53. The number of carbonyl (C=O) groups is 1. The molecule has 1 atom stereocenters. The number of aromatic nitrogens is 1. The zero-order valence-corrected chi connectivity index (χ0v) is 22.0. The van der Waals surface area contributed by atoms with Gasteiger partial charge in [0.15, 0.2) is 5.13 Å². The van der Waals surface area contributed by atoms with Crippen LogP contribution in [-0.2, 0) is 17.5 Å². The van der Waals surface area contributed by atoms with Gasteiger partial charge < -0.3 is 14.7 Å². The number of unbranched alkanes of at least 4 members (excludes halogenated alkanes) is 1. The van der Waals surface area contributed by atoms with Crippen molar-refractivity contribution in [2.75, 3.05) is 24.5 Å². The molecule has 0 radical (unpaired) electrons. The third kappa shape index (κ3) is 6.44. The number of benzene rings is 2. The number of halogens is 4. The summed E-state index contributed by atoms with van der Waals surface area (Å²) in [6.07, 6.45) is -1.91. The predicted molar refractivity (Wildman–Crippen MR) is 139 cm³/mol. The second-order valence-electron chi connectivity index (χ2n) is 9.50. The monoisotopic (exact) mass is 551 g/mol. The fraction of sp³-hybridized carbons (Fsp3) is 0.407. The van der Waals surface area contributed by atoms with Crippen molar-refractivity contribution < 1.29 is 32.2 Å². The quantitative estimate of drug-likeness (QED) is 0.183. The molecule has 11 heteroatoms. The summed E-state index contributed by atoms with van der Waals surface area (Å²) in [5.74, 6) is -2.49. The molecule has 0 spiro atoms. The van der Waals surface area contributed by atoms with Gasteiger partial charge in [0.05, 0.1) is 15.8 Å². The average Bonchev–Trinajstić information content (AvgIpc) is 3.23. The number of hydrogen-bond donors (Lipinski definition) is 1. The van der Waals surface area contributed by atoms with Crippen LogP contribution >= 0.6 is 11.3 Å². The fourth-order valence-corrected chi connectivity index (χ4v) is 5.78. The van der Waals surface area contributed by atoms with Crippen molar-refractivity contribution in [1.82, 2.24) is 9.88 Å². The van der Waals surface area contributed by atoms with Gasteiger partial charge in [-0.2, -0.15) is 13.2 Å². The van der Waals surface area contributed by atoms with Crippen LogP contribution in [0.3, 0.4) is 0 Å². The highest BCUT2D eigenvalue weighted by molar-refractivity contribution is 7.22. The lowest BCUT2D eigenvalue weighted by molar-refractivity contribution is -0.140. The number of carboxylic acid groups (broad SMARTS) is 1. The normalized spacial score (nSPS) is 16.7. The molecule has 0 bridgehead atoms. The molecular weight excluding hydrogens is 522 g/mol. The van der Waals surface area contributed by atoms with Gasteiger partial charge in [-0.15, -0.1) is 0 Å². The van der Waals surface area contributed by atoms with Crippen LogP contribution < -0.4 is 9.64 Å². The van der Waals surface area contributed by atoms with Gasteiger partial charge >= 0.3 is 12.1 Å². The Bertz CT molecular complexity index is 1340. The molecule has 0 saturated carbocycles. The highest BCUT2D eigenvalue weighted by atomic mass is 32.1. The van der Waals surface area contributed by atoms with Gasteiger partial charge in [0.1, 0.15) is 11.6 Å². The highest BCUT2D eigenvalue weighted by Crippen LogP contribution is 2.38. The summed E-state index contributed by atoms with van der Waals surface area (Å²) in [7, 11) is 0. The molecule has 2 heterocycles. The van der Waals surface area contributed by atoms with Crippen molar-refractivity contribution in [2.45, 2.75) is 51.9 Å². The molecule has 38 heavy (non-hydrogen) atoms. The fourth-order valence-electron chi connectivity index (χ4n) is 4.70. The van der Waals surface area contributed by atoms with E-state index in [0.717, 1.165) is 53.9 Å². The number of aryl methyl sites for hydroxylation is 1. The number of thiazole rings is 1. The first-order valence-corrected chi connectivity index (χ1v) is 13.1. The number of alkyl halides is 3. The minimum atomic E-state index is -4.76. The summed E-state index contributed by atoms with van der Waals surface area (Å²) in [5.41, 5.74) is 0.844. The summed E-state index contributed by atoms with van der Waals surface area (Å²) in [6.45, 7) is 10.1. The van der Waals surface area contributed by atoms with E-state index in [9.17, 15) is 22.4 Å². The Morgan fingerprint density at radius 3 is 2.68 bits per heavy atom. The Morgan fingerprint density at radius 1 is 1.24 bits per heavy atom. The van der Waals surface area contributed by atoms with E-state index in [2.05, 4.69) is 28.3 Å². The first-order chi connectivity index (χ1) is 17.9. The summed E-state index contributed by atoms with van der Waals surface area (Å²) >= 11 is 1.15. The van der Waals surface area contributed by atoms with E-state index in [4.69, 9.17) is 9.84 Å². The largest absolute Gasteiger partial charge is 0.475 e. The number of fused-ring (bicyclic) bond motifs is 1. The molecule has 1 aliphatic rings. The summed E-state index contributed by atoms with van der Waals surface area (Å²) < 4.78 is 59.4. The molecule has 1 fully saturated rings. The van der Waals surface area contributed by atoms with Crippen molar-refractivity contribution in [1.29, 1.82) is 0 Å². The van der Waals surface area contributed by atoms with E-state index in [1.807, 2.05) is 13.0 Å². The molecule has 0 unspecified atom stereocenters. The van der Waals surface area contributed by atoms with Gasteiger partial charge in [-0.25, -0.2) is 14.2 Å². The maximum absolute atomic E-state index is 14.1. The minimum Gasteiger partial charge on any atom is -0.475 e. The van der Waals surface area contributed by atoms with Crippen LogP contribution in [0.25, 0.3) is 10.2 Å². The molecule has 4 rings (SSSR count). The molecule has 0 aliphatic carbocycles. The molecule has 2 aromatic carbocycles. The number of ether oxygens (including phenoxy) is 1. The zero-order valence-electron chi connectivity index (χ0n) is 21.1. The minimum absolute atomic E-state index is 0.0866.